The average Bonchev–Trinajstić information content (AvgIpc) is 3.43. The highest BCUT2D eigenvalue weighted by Crippen LogP contribution is 2.29. The predicted octanol–water partition coefficient (Wildman–Crippen LogP) is 3.87. The molecule has 3 aromatic heterocycles. The normalized spacial score (nSPS) is 17.0. The lowest BCUT2D eigenvalue weighted by molar-refractivity contribution is 0.0937. The Morgan fingerprint density at radius 2 is 1.96 bits per heavy atom. The monoisotopic (exact) mass is 408 g/mol. The molecule has 0 aliphatic carbocycles. The number of carbonyl (C=O) groups excluding carboxylic acids is 1. The lowest BCUT2D eigenvalue weighted by Crippen LogP contribution is -2.32. The molecule has 1 aliphatic heterocycles. The minimum atomic E-state index is -0.130. The van der Waals surface area contributed by atoms with Crippen molar-refractivity contribution < 1.29 is 4.79 Å². The highest BCUT2D eigenvalue weighted by atomic mass is 35.5. The van der Waals surface area contributed by atoms with E-state index in [2.05, 4.69) is 27.9 Å². The zero-order chi connectivity index (χ0) is 17.1. The molecular formula is C18H21ClN4OS2. The van der Waals surface area contributed by atoms with Crippen LogP contribution in [0.2, 0.25) is 0 Å². The molecule has 0 spiro atoms. The number of rotatable bonds is 5. The largest absolute Gasteiger partial charge is 0.338 e. The van der Waals surface area contributed by atoms with Crippen molar-refractivity contribution in [1.82, 2.24) is 20.4 Å². The van der Waals surface area contributed by atoms with Crippen molar-refractivity contribution in [1.29, 1.82) is 0 Å². The summed E-state index contributed by atoms with van der Waals surface area (Å²) in [7, 11) is 0. The molecule has 0 aromatic carbocycles. The van der Waals surface area contributed by atoms with Gasteiger partial charge in [-0.15, -0.1) is 35.1 Å². The van der Waals surface area contributed by atoms with E-state index in [1.807, 2.05) is 39.8 Å². The lowest BCUT2D eigenvalue weighted by atomic mass is 10.1. The number of hydrogen-bond acceptors (Lipinski definition) is 5. The molecule has 4 rings (SSSR count). The summed E-state index contributed by atoms with van der Waals surface area (Å²) in [4.78, 5) is 15.0. The van der Waals surface area contributed by atoms with Crippen LogP contribution in [0.15, 0.2) is 47.3 Å². The smallest absolute Gasteiger partial charge is 0.272 e. The van der Waals surface area contributed by atoms with Crippen molar-refractivity contribution in [3.63, 3.8) is 0 Å². The third kappa shape index (κ3) is 4.17. The molecule has 26 heavy (non-hydrogen) atoms. The fourth-order valence-corrected chi connectivity index (χ4v) is 4.78. The van der Waals surface area contributed by atoms with Crippen molar-refractivity contribution in [2.24, 2.45) is 0 Å². The van der Waals surface area contributed by atoms with Crippen LogP contribution in [0.1, 0.15) is 45.2 Å². The van der Waals surface area contributed by atoms with Crippen LogP contribution in [-0.2, 0) is 0 Å². The maximum absolute atomic E-state index is 12.7. The van der Waals surface area contributed by atoms with Crippen molar-refractivity contribution in [2.45, 2.75) is 24.9 Å². The Morgan fingerprint density at radius 1 is 1.23 bits per heavy atom. The number of carbonyl (C=O) groups is 1. The first-order valence-corrected chi connectivity index (χ1v) is 10.2. The summed E-state index contributed by atoms with van der Waals surface area (Å²) in [5.41, 5.74) is 0.476. The molecule has 1 aliphatic rings. The van der Waals surface area contributed by atoms with Crippen LogP contribution >= 0.6 is 35.1 Å². The highest BCUT2D eigenvalue weighted by Gasteiger charge is 2.22. The Kier molecular flexibility index (Phi) is 6.48. The van der Waals surface area contributed by atoms with E-state index in [4.69, 9.17) is 0 Å². The number of amides is 1. The molecule has 1 amide bonds. The van der Waals surface area contributed by atoms with Crippen LogP contribution < -0.4 is 10.6 Å². The lowest BCUT2D eigenvalue weighted by Gasteiger charge is -2.23. The second-order valence-electron chi connectivity index (χ2n) is 6.12. The molecule has 1 unspecified atom stereocenters. The summed E-state index contributed by atoms with van der Waals surface area (Å²) < 4.78 is 1.92. The fraction of sp³-hybridized carbons (Fsp3) is 0.333. The predicted molar refractivity (Wildman–Crippen MR) is 109 cm³/mol. The number of thiophene rings is 2. The highest BCUT2D eigenvalue weighted by molar-refractivity contribution is 7.11. The van der Waals surface area contributed by atoms with Gasteiger partial charge in [0.15, 0.2) is 0 Å². The van der Waals surface area contributed by atoms with E-state index >= 15 is 0 Å². The first-order chi connectivity index (χ1) is 12.3. The summed E-state index contributed by atoms with van der Waals surface area (Å²) >= 11 is 3.30. The Morgan fingerprint density at radius 3 is 2.54 bits per heavy atom. The van der Waals surface area contributed by atoms with Gasteiger partial charge in [0.2, 0.25) is 0 Å². The van der Waals surface area contributed by atoms with E-state index in [1.165, 1.54) is 0 Å². The number of nitrogens with zero attached hydrogens (tertiary/aromatic N) is 2. The Bertz CT molecular complexity index is 776. The average molecular weight is 409 g/mol. The molecule has 1 saturated heterocycles. The van der Waals surface area contributed by atoms with Crippen molar-refractivity contribution >= 4 is 41.0 Å². The molecule has 8 heteroatoms. The Labute approximate surface area is 166 Å². The van der Waals surface area contributed by atoms with E-state index in [9.17, 15) is 4.79 Å². The summed E-state index contributed by atoms with van der Waals surface area (Å²) in [6, 6.07) is 10.2. The summed E-state index contributed by atoms with van der Waals surface area (Å²) in [5.74, 6) is -0.130. The number of hydrogen-bond donors (Lipinski definition) is 2. The van der Waals surface area contributed by atoms with Gasteiger partial charge < -0.3 is 10.6 Å². The third-order valence-corrected chi connectivity index (χ3v) is 6.29. The first kappa shape index (κ1) is 19.1. The minimum absolute atomic E-state index is 0. The zero-order valence-electron chi connectivity index (χ0n) is 14.1. The van der Waals surface area contributed by atoms with Gasteiger partial charge in [0.05, 0.1) is 12.1 Å². The topological polar surface area (TPSA) is 59.0 Å². The van der Waals surface area contributed by atoms with Gasteiger partial charge in [-0.1, -0.05) is 12.1 Å². The van der Waals surface area contributed by atoms with Crippen LogP contribution in [0.3, 0.4) is 0 Å². The maximum atomic E-state index is 12.7. The Balaban J connectivity index is 0.00000196. The van der Waals surface area contributed by atoms with E-state index < -0.39 is 0 Å². The van der Waals surface area contributed by atoms with Crippen molar-refractivity contribution in [2.75, 3.05) is 13.1 Å². The van der Waals surface area contributed by atoms with Gasteiger partial charge >= 0.3 is 0 Å². The van der Waals surface area contributed by atoms with Gasteiger partial charge in [-0.2, -0.15) is 5.10 Å². The number of halogens is 1. The van der Waals surface area contributed by atoms with E-state index in [0.29, 0.717) is 11.7 Å². The van der Waals surface area contributed by atoms with Gasteiger partial charge in [0.25, 0.3) is 5.91 Å². The molecule has 4 heterocycles. The maximum Gasteiger partial charge on any atom is 0.272 e. The van der Waals surface area contributed by atoms with Crippen LogP contribution in [0.25, 0.3) is 0 Å². The molecule has 2 N–H and O–H groups in total. The van der Waals surface area contributed by atoms with Gasteiger partial charge in [0.1, 0.15) is 5.69 Å². The second kappa shape index (κ2) is 8.81. The number of piperidine rings is 1. The second-order valence-corrected chi connectivity index (χ2v) is 8.08. The number of aromatic nitrogens is 2. The molecule has 0 saturated carbocycles. The summed E-state index contributed by atoms with van der Waals surface area (Å²) in [6.07, 6.45) is 4.16. The zero-order valence-corrected chi connectivity index (χ0v) is 16.6. The van der Waals surface area contributed by atoms with E-state index in [1.54, 1.807) is 22.7 Å². The molecular weight excluding hydrogens is 388 g/mol. The molecule has 1 atom stereocenters. The standard InChI is InChI=1S/C18H20N4OS2.ClH/c23-18(14-7-9-22(21-14)13-4-1-8-19-12-13)20-17(15-5-2-10-24-15)16-6-3-11-25-16;/h2-3,5-7,9-11,13,17,19H,1,4,8,12H2,(H,20,23);1H. The molecule has 5 nitrogen and oxygen atoms in total. The van der Waals surface area contributed by atoms with Gasteiger partial charge in [0, 0.05) is 22.5 Å². The molecule has 0 radical (unpaired) electrons. The van der Waals surface area contributed by atoms with Crippen LogP contribution in [0.5, 0.6) is 0 Å². The van der Waals surface area contributed by atoms with Gasteiger partial charge in [-0.05, 0) is 48.3 Å². The van der Waals surface area contributed by atoms with Gasteiger partial charge in [-0.3, -0.25) is 9.48 Å². The first-order valence-electron chi connectivity index (χ1n) is 8.45. The van der Waals surface area contributed by atoms with Crippen LogP contribution in [0, 0.1) is 0 Å². The Hall–Kier alpha value is -1.67. The fourth-order valence-electron chi connectivity index (χ4n) is 3.12. The molecule has 1 fully saturated rings. The van der Waals surface area contributed by atoms with E-state index in [-0.39, 0.29) is 24.4 Å². The number of nitrogens with one attached hydrogen (secondary N) is 2. The van der Waals surface area contributed by atoms with Crippen LogP contribution in [-0.4, -0.2) is 28.8 Å². The third-order valence-electron chi connectivity index (χ3n) is 4.42. The van der Waals surface area contributed by atoms with E-state index in [0.717, 1.165) is 35.7 Å². The van der Waals surface area contributed by atoms with Crippen molar-refractivity contribution in [3.05, 3.63) is 62.7 Å². The molecule has 138 valence electrons. The molecule has 3 aromatic rings. The van der Waals surface area contributed by atoms with Crippen molar-refractivity contribution in [3.8, 4) is 0 Å². The molecule has 0 bridgehead atoms. The quantitative estimate of drug-likeness (QED) is 0.673. The minimum Gasteiger partial charge on any atom is -0.338 e. The summed E-state index contributed by atoms with van der Waals surface area (Å²) in [6.45, 7) is 1.98. The summed E-state index contributed by atoms with van der Waals surface area (Å²) in [5, 5.41) is 15.1. The van der Waals surface area contributed by atoms with Crippen LogP contribution in [0.4, 0.5) is 0 Å². The van der Waals surface area contributed by atoms with Gasteiger partial charge in [-0.25, -0.2) is 0 Å². The SMILES string of the molecule is Cl.O=C(NC(c1cccs1)c1cccs1)c1ccn(C2CCCNC2)n1.